The van der Waals surface area contributed by atoms with Crippen molar-refractivity contribution in [1.29, 1.82) is 0 Å². The zero-order valence-electron chi connectivity index (χ0n) is 10.3. The number of benzene rings is 1. The van der Waals surface area contributed by atoms with Gasteiger partial charge in [0.15, 0.2) is 0 Å². The maximum absolute atomic E-state index is 9.75. The monoisotopic (exact) mass is 319 g/mol. The molecule has 1 atom stereocenters. The molecule has 0 spiro atoms. The highest BCUT2D eigenvalue weighted by atomic mass is 79.9. The van der Waals surface area contributed by atoms with Crippen LogP contribution in [0.5, 0.6) is 5.75 Å². The molecule has 0 fully saturated rings. The number of nitrogens with zero attached hydrogens (tertiary/aromatic N) is 1. The minimum absolute atomic E-state index is 0.308. The highest BCUT2D eigenvalue weighted by Crippen LogP contribution is 2.33. The molecule has 1 aromatic heterocycles. The molecule has 0 amide bonds. The van der Waals surface area contributed by atoms with Gasteiger partial charge in [-0.25, -0.2) is 0 Å². The van der Waals surface area contributed by atoms with Gasteiger partial charge in [0, 0.05) is 10.7 Å². The number of aliphatic hydroxyl groups is 1. The van der Waals surface area contributed by atoms with Gasteiger partial charge in [-0.05, 0) is 64.2 Å². The lowest BCUT2D eigenvalue weighted by atomic mass is 10.1. The molecule has 0 bridgehead atoms. The molecular formula is C15H14BrNO2. The summed E-state index contributed by atoms with van der Waals surface area (Å²) in [6, 6.07) is 9.76. The second-order valence-corrected chi connectivity index (χ2v) is 5.59. The van der Waals surface area contributed by atoms with Gasteiger partial charge >= 0.3 is 0 Å². The Balaban J connectivity index is 1.69. The largest absolute Gasteiger partial charge is 0.487 e. The van der Waals surface area contributed by atoms with E-state index in [0.717, 1.165) is 34.3 Å². The molecule has 0 radical (unpaired) electrons. The van der Waals surface area contributed by atoms with Crippen LogP contribution in [-0.2, 0) is 13.0 Å². The predicted octanol–water partition coefficient (Wildman–Crippen LogP) is 3.40. The van der Waals surface area contributed by atoms with Crippen LogP contribution >= 0.6 is 15.9 Å². The fourth-order valence-electron chi connectivity index (χ4n) is 2.31. The van der Waals surface area contributed by atoms with Gasteiger partial charge in [0.2, 0.25) is 0 Å². The van der Waals surface area contributed by atoms with Crippen molar-refractivity contribution >= 4 is 15.9 Å². The molecule has 0 aliphatic heterocycles. The number of aryl methyl sites for hydroxylation is 1. The number of rotatable bonds is 3. The molecule has 0 unspecified atom stereocenters. The van der Waals surface area contributed by atoms with Crippen LogP contribution in [0, 0.1) is 0 Å². The zero-order chi connectivity index (χ0) is 13.2. The smallest absolute Gasteiger partial charge is 0.130 e. The Bertz CT molecular complexity index is 583. The Kier molecular flexibility index (Phi) is 3.53. The third-order valence-corrected chi connectivity index (χ3v) is 3.80. The molecule has 1 aliphatic rings. The van der Waals surface area contributed by atoms with Crippen molar-refractivity contribution in [3.63, 3.8) is 0 Å². The van der Waals surface area contributed by atoms with Crippen LogP contribution in [-0.4, -0.2) is 10.1 Å². The average Bonchev–Trinajstić information content (AvgIpc) is 2.79. The maximum atomic E-state index is 9.75. The molecule has 2 aromatic rings. The fourth-order valence-corrected chi connectivity index (χ4v) is 2.54. The molecule has 19 heavy (non-hydrogen) atoms. The van der Waals surface area contributed by atoms with Crippen LogP contribution in [0.1, 0.15) is 29.3 Å². The molecular weight excluding hydrogens is 306 g/mol. The second kappa shape index (κ2) is 5.31. The summed E-state index contributed by atoms with van der Waals surface area (Å²) >= 11 is 3.35. The summed E-state index contributed by atoms with van der Waals surface area (Å²) in [5, 5.41) is 9.75. The Hall–Kier alpha value is -1.39. The second-order valence-electron chi connectivity index (χ2n) is 4.67. The van der Waals surface area contributed by atoms with E-state index in [2.05, 4.69) is 20.9 Å². The van der Waals surface area contributed by atoms with E-state index in [4.69, 9.17) is 4.74 Å². The molecule has 1 heterocycles. The summed E-state index contributed by atoms with van der Waals surface area (Å²) in [5.41, 5.74) is 3.12. The molecule has 0 saturated carbocycles. The van der Waals surface area contributed by atoms with E-state index >= 15 is 0 Å². The Morgan fingerprint density at radius 2 is 2.21 bits per heavy atom. The van der Waals surface area contributed by atoms with E-state index in [9.17, 15) is 5.11 Å². The van der Waals surface area contributed by atoms with Gasteiger partial charge in [0.25, 0.3) is 0 Å². The van der Waals surface area contributed by atoms with Gasteiger partial charge in [-0.3, -0.25) is 4.98 Å². The van der Waals surface area contributed by atoms with Crippen molar-refractivity contribution in [2.24, 2.45) is 0 Å². The number of pyridine rings is 1. The van der Waals surface area contributed by atoms with Crippen LogP contribution in [0.25, 0.3) is 0 Å². The highest BCUT2D eigenvalue weighted by Gasteiger charge is 2.20. The maximum Gasteiger partial charge on any atom is 0.130 e. The summed E-state index contributed by atoms with van der Waals surface area (Å²) in [5.74, 6) is 0.831. The SMILES string of the molecule is O[C@@H]1CCc2cc(OCc3ccc(Br)cn3)ccc21. The molecule has 3 nitrogen and oxygen atoms in total. The van der Waals surface area contributed by atoms with Gasteiger partial charge in [-0.15, -0.1) is 0 Å². The van der Waals surface area contributed by atoms with Crippen LogP contribution in [0.3, 0.4) is 0 Å². The lowest BCUT2D eigenvalue weighted by Crippen LogP contribution is -1.98. The summed E-state index contributed by atoms with van der Waals surface area (Å²) < 4.78 is 6.69. The van der Waals surface area contributed by atoms with E-state index in [1.54, 1.807) is 6.20 Å². The van der Waals surface area contributed by atoms with Crippen molar-refractivity contribution in [3.8, 4) is 5.75 Å². The standard InChI is InChI=1S/C15H14BrNO2/c16-11-2-3-12(17-8-11)9-19-13-4-5-14-10(7-13)1-6-15(14)18/h2-5,7-8,15,18H,1,6,9H2/t15-/m1/s1. The van der Waals surface area contributed by atoms with E-state index in [1.165, 1.54) is 5.56 Å². The molecule has 1 N–H and O–H groups in total. The first-order chi connectivity index (χ1) is 9.22. The minimum Gasteiger partial charge on any atom is -0.487 e. The normalized spacial score (nSPS) is 17.3. The van der Waals surface area contributed by atoms with Crippen LogP contribution in [0.2, 0.25) is 0 Å². The zero-order valence-corrected chi connectivity index (χ0v) is 11.9. The Morgan fingerprint density at radius 3 is 3.00 bits per heavy atom. The molecule has 3 rings (SSSR count). The first-order valence-electron chi connectivity index (χ1n) is 6.26. The molecule has 4 heteroatoms. The quantitative estimate of drug-likeness (QED) is 0.942. The van der Waals surface area contributed by atoms with Crippen molar-refractivity contribution in [2.75, 3.05) is 0 Å². The topological polar surface area (TPSA) is 42.4 Å². The number of hydrogen-bond donors (Lipinski definition) is 1. The van der Waals surface area contributed by atoms with Gasteiger partial charge < -0.3 is 9.84 Å². The third kappa shape index (κ3) is 2.80. The van der Waals surface area contributed by atoms with Crippen LogP contribution < -0.4 is 4.74 Å². The summed E-state index contributed by atoms with van der Waals surface area (Å²) in [6.45, 7) is 0.453. The fraction of sp³-hybridized carbons (Fsp3) is 0.267. The van der Waals surface area contributed by atoms with E-state index < -0.39 is 0 Å². The van der Waals surface area contributed by atoms with E-state index in [-0.39, 0.29) is 6.10 Å². The molecule has 98 valence electrons. The van der Waals surface area contributed by atoms with E-state index in [1.807, 2.05) is 30.3 Å². The summed E-state index contributed by atoms with van der Waals surface area (Å²) in [4.78, 5) is 4.27. The number of fused-ring (bicyclic) bond motifs is 1. The van der Waals surface area contributed by atoms with E-state index in [0.29, 0.717) is 6.61 Å². The number of hydrogen-bond acceptors (Lipinski definition) is 3. The average molecular weight is 320 g/mol. The molecule has 0 saturated heterocycles. The minimum atomic E-state index is -0.308. The van der Waals surface area contributed by atoms with Crippen molar-refractivity contribution < 1.29 is 9.84 Å². The first-order valence-corrected chi connectivity index (χ1v) is 7.06. The number of aliphatic hydroxyl groups excluding tert-OH is 1. The lowest BCUT2D eigenvalue weighted by molar-refractivity contribution is 0.180. The highest BCUT2D eigenvalue weighted by molar-refractivity contribution is 9.10. The molecule has 1 aliphatic carbocycles. The third-order valence-electron chi connectivity index (χ3n) is 3.34. The Morgan fingerprint density at radius 1 is 1.32 bits per heavy atom. The summed E-state index contributed by atoms with van der Waals surface area (Å²) in [6.07, 6.45) is 3.19. The van der Waals surface area contributed by atoms with Crippen molar-refractivity contribution in [3.05, 3.63) is 57.8 Å². The van der Waals surface area contributed by atoms with Gasteiger partial charge in [-0.1, -0.05) is 6.07 Å². The lowest BCUT2D eigenvalue weighted by Gasteiger charge is -2.08. The Labute approximate surface area is 120 Å². The predicted molar refractivity (Wildman–Crippen MR) is 76.0 cm³/mol. The number of aromatic nitrogens is 1. The van der Waals surface area contributed by atoms with Crippen LogP contribution in [0.15, 0.2) is 41.0 Å². The van der Waals surface area contributed by atoms with Gasteiger partial charge in [0.1, 0.15) is 12.4 Å². The van der Waals surface area contributed by atoms with Crippen molar-refractivity contribution in [1.82, 2.24) is 4.98 Å². The van der Waals surface area contributed by atoms with Gasteiger partial charge in [-0.2, -0.15) is 0 Å². The van der Waals surface area contributed by atoms with Crippen molar-refractivity contribution in [2.45, 2.75) is 25.6 Å². The number of ether oxygens (including phenoxy) is 1. The van der Waals surface area contributed by atoms with Crippen LogP contribution in [0.4, 0.5) is 0 Å². The first kappa shape index (κ1) is 12.6. The molecule has 1 aromatic carbocycles. The van der Waals surface area contributed by atoms with Gasteiger partial charge in [0.05, 0.1) is 11.8 Å². The summed E-state index contributed by atoms with van der Waals surface area (Å²) in [7, 11) is 0. The number of halogens is 1.